The van der Waals surface area contributed by atoms with E-state index in [4.69, 9.17) is 5.26 Å². The van der Waals surface area contributed by atoms with Crippen LogP contribution in [-0.4, -0.2) is 27.1 Å². The molecule has 0 fully saturated rings. The normalized spacial score (nSPS) is 10.7. The summed E-state index contributed by atoms with van der Waals surface area (Å²) in [4.78, 5) is 12.3. The smallest absolute Gasteiger partial charge is 0.245 e. The number of anilines is 2. The van der Waals surface area contributed by atoms with Crippen LogP contribution in [0.2, 0.25) is 0 Å². The van der Waals surface area contributed by atoms with Crippen LogP contribution in [0.3, 0.4) is 0 Å². The molecule has 0 aliphatic rings. The summed E-state index contributed by atoms with van der Waals surface area (Å²) in [6, 6.07) is 15.4. The van der Waals surface area contributed by atoms with Gasteiger partial charge in [0.25, 0.3) is 0 Å². The number of carbonyl (C=O) groups is 1. The molecule has 2 aromatic rings. The van der Waals surface area contributed by atoms with Crippen LogP contribution in [0.15, 0.2) is 48.5 Å². The van der Waals surface area contributed by atoms with Gasteiger partial charge in [0.2, 0.25) is 15.9 Å². The van der Waals surface area contributed by atoms with Gasteiger partial charge in [0.15, 0.2) is 0 Å². The van der Waals surface area contributed by atoms with E-state index in [1.54, 1.807) is 30.3 Å². The number of carbonyl (C=O) groups excluding carboxylic acids is 1. The maximum Gasteiger partial charge on any atom is 0.245 e. The van der Waals surface area contributed by atoms with Crippen LogP contribution >= 0.6 is 0 Å². The Morgan fingerprint density at radius 2 is 1.92 bits per heavy atom. The number of sulfonamides is 1. The van der Waals surface area contributed by atoms with Gasteiger partial charge in [-0.3, -0.25) is 9.10 Å². The zero-order valence-electron chi connectivity index (χ0n) is 13.4. The van der Waals surface area contributed by atoms with Crippen molar-refractivity contribution in [1.82, 2.24) is 0 Å². The summed E-state index contributed by atoms with van der Waals surface area (Å²) in [7, 11) is -3.72. The van der Waals surface area contributed by atoms with Gasteiger partial charge in [-0.2, -0.15) is 5.26 Å². The monoisotopic (exact) mass is 343 g/mol. The zero-order valence-corrected chi connectivity index (χ0v) is 14.2. The third-order valence-electron chi connectivity index (χ3n) is 3.28. The lowest BCUT2D eigenvalue weighted by atomic mass is 10.2. The fraction of sp³-hybridized carbons (Fsp3) is 0.176. The minimum Gasteiger partial charge on any atom is -0.325 e. The molecular weight excluding hydrogens is 326 g/mol. The van der Waals surface area contributed by atoms with Crippen molar-refractivity contribution < 1.29 is 13.2 Å². The van der Waals surface area contributed by atoms with Crippen molar-refractivity contribution in [2.24, 2.45) is 0 Å². The van der Waals surface area contributed by atoms with Crippen LogP contribution < -0.4 is 9.62 Å². The van der Waals surface area contributed by atoms with Crippen LogP contribution in [0.1, 0.15) is 11.1 Å². The zero-order chi connectivity index (χ0) is 17.7. The highest BCUT2D eigenvalue weighted by Crippen LogP contribution is 2.22. The predicted octanol–water partition coefficient (Wildman–Crippen LogP) is 2.27. The fourth-order valence-electron chi connectivity index (χ4n) is 2.22. The fourth-order valence-corrected chi connectivity index (χ4v) is 3.09. The average molecular weight is 343 g/mol. The minimum absolute atomic E-state index is 0.182. The number of nitriles is 1. The summed E-state index contributed by atoms with van der Waals surface area (Å²) >= 11 is 0. The molecule has 1 N–H and O–H groups in total. The van der Waals surface area contributed by atoms with Crippen molar-refractivity contribution in [1.29, 1.82) is 5.26 Å². The largest absolute Gasteiger partial charge is 0.325 e. The number of para-hydroxylation sites is 1. The summed E-state index contributed by atoms with van der Waals surface area (Å²) in [6.07, 6.45) is 1.00. The molecule has 0 saturated heterocycles. The molecule has 0 radical (unpaired) electrons. The highest BCUT2D eigenvalue weighted by atomic mass is 32.2. The van der Waals surface area contributed by atoms with Crippen molar-refractivity contribution in [2.45, 2.75) is 6.92 Å². The van der Waals surface area contributed by atoms with E-state index >= 15 is 0 Å². The molecule has 0 aliphatic carbocycles. The summed E-state index contributed by atoms with van der Waals surface area (Å²) < 4.78 is 25.1. The van der Waals surface area contributed by atoms with E-state index in [1.165, 1.54) is 12.1 Å². The van der Waals surface area contributed by atoms with Gasteiger partial charge in [0.05, 0.1) is 17.5 Å². The topological polar surface area (TPSA) is 90.3 Å². The first-order valence-corrected chi connectivity index (χ1v) is 8.99. The van der Waals surface area contributed by atoms with E-state index in [-0.39, 0.29) is 11.3 Å². The Balaban J connectivity index is 2.27. The van der Waals surface area contributed by atoms with Crippen LogP contribution in [0.25, 0.3) is 0 Å². The molecule has 0 unspecified atom stereocenters. The molecule has 0 aliphatic heterocycles. The molecule has 2 rings (SSSR count). The molecule has 0 heterocycles. The first kappa shape index (κ1) is 17.5. The molecule has 0 spiro atoms. The molecule has 0 atom stereocenters. The van der Waals surface area contributed by atoms with E-state index in [1.807, 2.05) is 19.1 Å². The molecular formula is C17H17N3O3S. The summed E-state index contributed by atoms with van der Waals surface area (Å²) in [5, 5.41) is 11.8. The van der Waals surface area contributed by atoms with E-state index in [9.17, 15) is 13.2 Å². The van der Waals surface area contributed by atoms with Gasteiger partial charge < -0.3 is 5.32 Å². The Morgan fingerprint density at radius 3 is 2.54 bits per heavy atom. The van der Waals surface area contributed by atoms with E-state index in [2.05, 4.69) is 5.32 Å². The number of aryl methyl sites for hydroxylation is 1. The molecule has 0 bridgehead atoms. The molecule has 0 saturated carbocycles. The Labute approximate surface area is 141 Å². The Bertz CT molecular complexity index is 901. The number of rotatable bonds is 5. The lowest BCUT2D eigenvalue weighted by Gasteiger charge is -2.22. The lowest BCUT2D eigenvalue weighted by Crippen LogP contribution is -2.37. The van der Waals surface area contributed by atoms with Crippen molar-refractivity contribution >= 4 is 27.3 Å². The van der Waals surface area contributed by atoms with Gasteiger partial charge in [-0.05, 0) is 36.8 Å². The van der Waals surface area contributed by atoms with Gasteiger partial charge in [-0.15, -0.1) is 0 Å². The standard InChI is InChI=1S/C17H17N3O3S/c1-13-6-5-8-15(10-13)19-17(21)12-20(24(2,22)23)16-9-4-3-7-14(16)11-18/h3-10H,12H2,1-2H3,(H,19,21). The van der Waals surface area contributed by atoms with E-state index < -0.39 is 22.5 Å². The summed E-state index contributed by atoms with van der Waals surface area (Å²) in [5.41, 5.74) is 1.93. The predicted molar refractivity (Wildman–Crippen MR) is 93.2 cm³/mol. The maximum absolute atomic E-state index is 12.3. The molecule has 124 valence electrons. The third kappa shape index (κ3) is 4.33. The van der Waals surface area contributed by atoms with Crippen molar-refractivity contribution in [3.63, 3.8) is 0 Å². The van der Waals surface area contributed by atoms with Gasteiger partial charge >= 0.3 is 0 Å². The number of amides is 1. The van der Waals surface area contributed by atoms with Gasteiger partial charge in [0, 0.05) is 5.69 Å². The van der Waals surface area contributed by atoms with Crippen LogP contribution in [0.4, 0.5) is 11.4 Å². The van der Waals surface area contributed by atoms with Crippen LogP contribution in [0, 0.1) is 18.3 Å². The second-order valence-electron chi connectivity index (χ2n) is 5.32. The highest BCUT2D eigenvalue weighted by Gasteiger charge is 2.23. The Morgan fingerprint density at radius 1 is 1.21 bits per heavy atom. The highest BCUT2D eigenvalue weighted by molar-refractivity contribution is 7.92. The molecule has 0 aromatic heterocycles. The summed E-state index contributed by atoms with van der Waals surface area (Å²) in [5.74, 6) is -0.487. The second-order valence-corrected chi connectivity index (χ2v) is 7.22. The SMILES string of the molecule is Cc1cccc(NC(=O)CN(c2ccccc2C#N)S(C)(=O)=O)c1. The lowest BCUT2D eigenvalue weighted by molar-refractivity contribution is -0.114. The molecule has 24 heavy (non-hydrogen) atoms. The molecule has 6 nitrogen and oxygen atoms in total. The number of hydrogen-bond donors (Lipinski definition) is 1. The number of nitrogens with zero attached hydrogens (tertiary/aromatic N) is 2. The van der Waals surface area contributed by atoms with Crippen molar-refractivity contribution in [3.05, 3.63) is 59.7 Å². The van der Waals surface area contributed by atoms with Gasteiger partial charge in [-0.1, -0.05) is 24.3 Å². The Kier molecular flexibility index (Phi) is 5.21. The van der Waals surface area contributed by atoms with Gasteiger partial charge in [0.1, 0.15) is 12.6 Å². The minimum atomic E-state index is -3.72. The first-order chi connectivity index (χ1) is 11.3. The van der Waals surface area contributed by atoms with E-state index in [0.717, 1.165) is 16.1 Å². The average Bonchev–Trinajstić information content (AvgIpc) is 2.51. The van der Waals surface area contributed by atoms with Crippen molar-refractivity contribution in [2.75, 3.05) is 22.4 Å². The molecule has 7 heteroatoms. The first-order valence-electron chi connectivity index (χ1n) is 7.14. The number of nitrogens with one attached hydrogen (secondary N) is 1. The molecule has 1 amide bonds. The van der Waals surface area contributed by atoms with Crippen LogP contribution in [-0.2, 0) is 14.8 Å². The quantitative estimate of drug-likeness (QED) is 0.902. The number of benzene rings is 2. The number of hydrogen-bond acceptors (Lipinski definition) is 4. The van der Waals surface area contributed by atoms with E-state index in [0.29, 0.717) is 5.69 Å². The summed E-state index contributed by atoms with van der Waals surface area (Å²) in [6.45, 7) is 1.48. The maximum atomic E-state index is 12.3. The molecule has 2 aromatic carbocycles. The second kappa shape index (κ2) is 7.15. The van der Waals surface area contributed by atoms with Crippen molar-refractivity contribution in [3.8, 4) is 6.07 Å². The van der Waals surface area contributed by atoms with Gasteiger partial charge in [-0.25, -0.2) is 8.42 Å². The Hall–Kier alpha value is -2.85. The third-order valence-corrected chi connectivity index (χ3v) is 4.41. The van der Waals surface area contributed by atoms with Crippen LogP contribution in [0.5, 0.6) is 0 Å².